The highest BCUT2D eigenvalue weighted by Crippen LogP contribution is 2.36. The summed E-state index contributed by atoms with van der Waals surface area (Å²) in [6.45, 7) is 4.19. The second kappa shape index (κ2) is 5.32. The molecule has 1 amide bonds. The summed E-state index contributed by atoms with van der Waals surface area (Å²) in [5.41, 5.74) is 2.00. The van der Waals surface area contributed by atoms with Crippen molar-refractivity contribution < 1.29 is 9.53 Å². The van der Waals surface area contributed by atoms with E-state index in [0.29, 0.717) is 11.6 Å². The number of rotatable bonds is 2. The monoisotopic (exact) mass is 263 g/mol. The minimum Gasteiger partial charge on any atom is -0.493 e. The summed E-state index contributed by atoms with van der Waals surface area (Å²) in [6.07, 6.45) is 0.859. The lowest BCUT2D eigenvalue weighted by atomic mass is 10.0. The second-order valence-corrected chi connectivity index (χ2v) is 4.59. The van der Waals surface area contributed by atoms with Gasteiger partial charge in [0.15, 0.2) is 0 Å². The fourth-order valence-electron chi connectivity index (χ4n) is 2.04. The Kier molecular flexibility index (Phi) is 3.78. The number of nitrogens with one attached hydrogen (secondary N) is 1. The molecule has 0 radical (unpaired) electrons. The van der Waals surface area contributed by atoms with Gasteiger partial charge in [-0.3, -0.25) is 4.79 Å². The molecule has 1 aromatic carbocycles. The molecule has 94 valence electrons. The molecule has 1 N–H and O–H groups in total. The van der Waals surface area contributed by atoms with Crippen molar-refractivity contribution in [1.82, 2.24) is 5.32 Å². The van der Waals surface area contributed by atoms with Gasteiger partial charge in [-0.1, -0.05) is 17.5 Å². The van der Waals surface area contributed by atoms with Crippen LogP contribution in [-0.4, -0.2) is 12.5 Å². The van der Waals surface area contributed by atoms with Gasteiger partial charge in [0.05, 0.1) is 12.6 Å². The van der Waals surface area contributed by atoms with Crippen molar-refractivity contribution in [3.63, 3.8) is 0 Å². The first-order chi connectivity index (χ1) is 8.61. The van der Waals surface area contributed by atoms with Crippen molar-refractivity contribution in [3.8, 4) is 17.6 Å². The SMILES string of the molecule is CC#CC(=O)NC(C)c1cc(Cl)cc2c1OCC2. The highest BCUT2D eigenvalue weighted by Gasteiger charge is 2.21. The third kappa shape index (κ3) is 2.60. The normalized spacial score (nSPS) is 13.9. The number of amides is 1. The maximum absolute atomic E-state index is 11.5. The van der Waals surface area contributed by atoms with E-state index in [9.17, 15) is 4.79 Å². The smallest absolute Gasteiger partial charge is 0.296 e. The molecule has 0 bridgehead atoms. The lowest BCUT2D eigenvalue weighted by Crippen LogP contribution is -2.25. The zero-order valence-corrected chi connectivity index (χ0v) is 11.1. The summed E-state index contributed by atoms with van der Waals surface area (Å²) < 4.78 is 5.60. The van der Waals surface area contributed by atoms with Gasteiger partial charge < -0.3 is 10.1 Å². The molecule has 0 aromatic heterocycles. The predicted molar refractivity (Wildman–Crippen MR) is 70.7 cm³/mol. The van der Waals surface area contributed by atoms with Crippen LogP contribution in [0.1, 0.15) is 31.0 Å². The molecule has 1 unspecified atom stereocenters. The van der Waals surface area contributed by atoms with Crippen LogP contribution in [0.25, 0.3) is 0 Å². The summed E-state index contributed by atoms with van der Waals surface area (Å²) in [4.78, 5) is 11.5. The summed E-state index contributed by atoms with van der Waals surface area (Å²) in [5.74, 6) is 5.57. The van der Waals surface area contributed by atoms with Crippen molar-refractivity contribution in [2.24, 2.45) is 0 Å². The van der Waals surface area contributed by atoms with Gasteiger partial charge >= 0.3 is 0 Å². The van der Waals surface area contributed by atoms with E-state index >= 15 is 0 Å². The van der Waals surface area contributed by atoms with E-state index in [0.717, 1.165) is 23.3 Å². The fourth-order valence-corrected chi connectivity index (χ4v) is 2.29. The molecular formula is C14H14ClNO2. The number of hydrogen-bond donors (Lipinski definition) is 1. The standard InChI is InChI=1S/C14H14ClNO2/c1-3-4-13(17)16-9(2)12-8-11(15)7-10-5-6-18-14(10)12/h7-9H,5-6H2,1-2H3,(H,16,17). The number of benzene rings is 1. The Bertz CT molecular complexity index is 543. The van der Waals surface area contributed by atoms with Crippen LogP contribution in [-0.2, 0) is 11.2 Å². The number of fused-ring (bicyclic) bond motifs is 1. The van der Waals surface area contributed by atoms with E-state index in [1.807, 2.05) is 19.1 Å². The van der Waals surface area contributed by atoms with Gasteiger partial charge in [0, 0.05) is 17.0 Å². The van der Waals surface area contributed by atoms with E-state index in [2.05, 4.69) is 17.2 Å². The molecule has 3 nitrogen and oxygen atoms in total. The Labute approximate surface area is 111 Å². The van der Waals surface area contributed by atoms with E-state index in [-0.39, 0.29) is 11.9 Å². The Morgan fingerprint density at radius 2 is 2.33 bits per heavy atom. The maximum Gasteiger partial charge on any atom is 0.296 e. The molecule has 0 saturated heterocycles. The minimum absolute atomic E-state index is 0.177. The quantitative estimate of drug-likeness (QED) is 0.833. The number of halogens is 1. The highest BCUT2D eigenvalue weighted by molar-refractivity contribution is 6.30. The lowest BCUT2D eigenvalue weighted by molar-refractivity contribution is -0.116. The molecule has 18 heavy (non-hydrogen) atoms. The molecule has 1 atom stereocenters. The molecule has 1 aliphatic rings. The van der Waals surface area contributed by atoms with Gasteiger partial charge in [-0.15, -0.1) is 0 Å². The third-order valence-corrected chi connectivity index (χ3v) is 3.05. The van der Waals surface area contributed by atoms with Crippen molar-refractivity contribution in [1.29, 1.82) is 0 Å². The van der Waals surface area contributed by atoms with Gasteiger partial charge in [-0.25, -0.2) is 0 Å². The third-order valence-electron chi connectivity index (χ3n) is 2.83. The largest absolute Gasteiger partial charge is 0.493 e. The van der Waals surface area contributed by atoms with Crippen LogP contribution >= 0.6 is 11.6 Å². The van der Waals surface area contributed by atoms with Crippen LogP contribution in [0.3, 0.4) is 0 Å². The van der Waals surface area contributed by atoms with Gasteiger partial charge in [0.1, 0.15) is 5.75 Å². The lowest BCUT2D eigenvalue weighted by Gasteiger charge is -2.16. The second-order valence-electron chi connectivity index (χ2n) is 4.15. The van der Waals surface area contributed by atoms with Gasteiger partial charge in [-0.2, -0.15) is 0 Å². The molecule has 1 aliphatic heterocycles. The molecule has 0 spiro atoms. The maximum atomic E-state index is 11.5. The fraction of sp³-hybridized carbons (Fsp3) is 0.357. The van der Waals surface area contributed by atoms with Crippen LogP contribution in [0.5, 0.6) is 5.75 Å². The Hall–Kier alpha value is -1.66. The molecule has 2 rings (SSSR count). The first kappa shape index (κ1) is 12.8. The van der Waals surface area contributed by atoms with E-state index in [1.165, 1.54) is 0 Å². The van der Waals surface area contributed by atoms with Crippen molar-refractivity contribution >= 4 is 17.5 Å². The van der Waals surface area contributed by atoms with E-state index < -0.39 is 0 Å². The topological polar surface area (TPSA) is 38.3 Å². The molecule has 0 aliphatic carbocycles. The number of carbonyl (C=O) groups excluding carboxylic acids is 1. The average Bonchev–Trinajstić information content (AvgIpc) is 2.75. The van der Waals surface area contributed by atoms with Crippen LogP contribution < -0.4 is 10.1 Å². The van der Waals surface area contributed by atoms with Crippen LogP contribution in [0.2, 0.25) is 5.02 Å². The molecule has 0 saturated carbocycles. The van der Waals surface area contributed by atoms with Crippen molar-refractivity contribution in [3.05, 3.63) is 28.3 Å². The molecular weight excluding hydrogens is 250 g/mol. The Morgan fingerprint density at radius 1 is 1.56 bits per heavy atom. The average molecular weight is 264 g/mol. The van der Waals surface area contributed by atoms with Crippen LogP contribution in [0.4, 0.5) is 0 Å². The number of ether oxygens (including phenoxy) is 1. The van der Waals surface area contributed by atoms with E-state index in [1.54, 1.807) is 6.92 Å². The zero-order valence-electron chi connectivity index (χ0n) is 10.3. The minimum atomic E-state index is -0.295. The van der Waals surface area contributed by atoms with Crippen molar-refractivity contribution in [2.75, 3.05) is 6.61 Å². The van der Waals surface area contributed by atoms with Gasteiger partial charge in [-0.05, 0) is 37.5 Å². The summed E-state index contributed by atoms with van der Waals surface area (Å²) >= 11 is 6.07. The number of carbonyl (C=O) groups is 1. The predicted octanol–water partition coefficient (Wildman–Crippen LogP) is 2.48. The first-order valence-electron chi connectivity index (χ1n) is 5.80. The van der Waals surface area contributed by atoms with Crippen LogP contribution in [0, 0.1) is 11.8 Å². The highest BCUT2D eigenvalue weighted by atomic mass is 35.5. The summed E-state index contributed by atoms with van der Waals surface area (Å²) in [7, 11) is 0. The summed E-state index contributed by atoms with van der Waals surface area (Å²) in [6, 6.07) is 3.56. The Balaban J connectivity index is 2.27. The number of hydrogen-bond acceptors (Lipinski definition) is 2. The van der Waals surface area contributed by atoms with Gasteiger partial charge in [0.2, 0.25) is 0 Å². The molecule has 0 fully saturated rings. The summed E-state index contributed by atoms with van der Waals surface area (Å²) in [5, 5.41) is 3.47. The molecule has 1 aromatic rings. The van der Waals surface area contributed by atoms with Gasteiger partial charge in [0.25, 0.3) is 5.91 Å². The van der Waals surface area contributed by atoms with E-state index in [4.69, 9.17) is 16.3 Å². The first-order valence-corrected chi connectivity index (χ1v) is 6.18. The Morgan fingerprint density at radius 3 is 3.06 bits per heavy atom. The van der Waals surface area contributed by atoms with Crippen LogP contribution in [0.15, 0.2) is 12.1 Å². The van der Waals surface area contributed by atoms with Crippen molar-refractivity contribution in [2.45, 2.75) is 26.3 Å². The molecule has 4 heteroatoms. The molecule has 1 heterocycles. The zero-order chi connectivity index (χ0) is 13.1.